The van der Waals surface area contributed by atoms with E-state index in [4.69, 9.17) is 14.2 Å². The van der Waals surface area contributed by atoms with Gasteiger partial charge in [-0.15, -0.1) is 0 Å². The van der Waals surface area contributed by atoms with Crippen LogP contribution in [0.1, 0.15) is 0 Å². The molecule has 0 aromatic heterocycles. The van der Waals surface area contributed by atoms with E-state index in [9.17, 15) is 32.2 Å². The molecule has 0 bridgehead atoms. The van der Waals surface area contributed by atoms with E-state index in [2.05, 4.69) is 4.74 Å². The van der Waals surface area contributed by atoms with Gasteiger partial charge in [-0.1, -0.05) is 0 Å². The molecule has 1 unspecified atom stereocenters. The van der Waals surface area contributed by atoms with Crippen molar-refractivity contribution in [2.24, 2.45) is 0 Å². The van der Waals surface area contributed by atoms with E-state index in [1.165, 1.54) is 0 Å². The van der Waals surface area contributed by atoms with Gasteiger partial charge in [-0.25, -0.2) is 0 Å². The van der Waals surface area contributed by atoms with Crippen molar-refractivity contribution in [3.8, 4) is 0 Å². The summed E-state index contributed by atoms with van der Waals surface area (Å²) in [4.78, 5) is 0. The molecule has 1 aliphatic heterocycles. The van der Waals surface area contributed by atoms with Crippen molar-refractivity contribution in [2.75, 3.05) is 6.61 Å². The molecule has 0 amide bonds. The van der Waals surface area contributed by atoms with Crippen LogP contribution < -0.4 is 0 Å². The van der Waals surface area contributed by atoms with Gasteiger partial charge < -0.3 is 25.2 Å². The standard InChI is InChI=1S/C6H13NO11S2/c8-1-2-4(9)5(10)3(6(11)18-2)7(19(12,13)14)20(15,16)17/h2-6,8-11H,1H2,(H,12,13,14)(H,15,16,17)/t2-,3-,4-,5-,6?/m1/s1. The summed E-state index contributed by atoms with van der Waals surface area (Å²) in [6, 6.07) is -2.45. The fourth-order valence-electron chi connectivity index (χ4n) is 1.74. The van der Waals surface area contributed by atoms with Crippen LogP contribution in [0, 0.1) is 0 Å². The third-order valence-corrected chi connectivity index (χ3v) is 5.09. The molecule has 1 heterocycles. The average Bonchev–Trinajstić information content (AvgIpc) is 2.25. The molecule has 5 atom stereocenters. The number of aliphatic hydroxyl groups is 4. The summed E-state index contributed by atoms with van der Waals surface area (Å²) < 4.78 is 64.9. The minimum absolute atomic E-state index is 0.875. The normalized spacial score (nSPS) is 36.2. The lowest BCUT2D eigenvalue weighted by molar-refractivity contribution is -0.259. The van der Waals surface area contributed by atoms with Gasteiger partial charge in [-0.2, -0.15) is 16.8 Å². The van der Waals surface area contributed by atoms with Crippen LogP contribution in [-0.2, 0) is 25.3 Å². The zero-order chi connectivity index (χ0) is 15.9. The molecule has 0 aromatic rings. The smallest absolute Gasteiger partial charge is 0.351 e. The van der Waals surface area contributed by atoms with Crippen molar-refractivity contribution in [2.45, 2.75) is 30.6 Å². The van der Waals surface area contributed by atoms with Crippen LogP contribution in [0.2, 0.25) is 0 Å². The lowest BCUT2D eigenvalue weighted by Crippen LogP contribution is -2.65. The van der Waals surface area contributed by atoms with Crippen LogP contribution in [0.3, 0.4) is 0 Å². The lowest BCUT2D eigenvalue weighted by atomic mass is 9.98. The maximum atomic E-state index is 11.0. The van der Waals surface area contributed by atoms with E-state index < -0.39 is 61.6 Å². The van der Waals surface area contributed by atoms with Crippen molar-refractivity contribution < 1.29 is 51.1 Å². The van der Waals surface area contributed by atoms with Crippen LogP contribution >= 0.6 is 0 Å². The van der Waals surface area contributed by atoms with E-state index in [0.717, 1.165) is 0 Å². The molecule has 1 aliphatic rings. The predicted octanol–water partition coefficient (Wildman–Crippen LogP) is -4.31. The van der Waals surface area contributed by atoms with Gasteiger partial charge in [0.2, 0.25) is 0 Å². The molecule has 1 saturated heterocycles. The Hall–Kier alpha value is -0.420. The number of rotatable bonds is 4. The van der Waals surface area contributed by atoms with Crippen LogP contribution in [-0.4, -0.2) is 87.3 Å². The van der Waals surface area contributed by atoms with E-state index in [1.54, 1.807) is 0 Å². The van der Waals surface area contributed by atoms with Gasteiger partial charge in [0.1, 0.15) is 24.4 Å². The van der Waals surface area contributed by atoms with E-state index in [1.807, 2.05) is 0 Å². The highest BCUT2D eigenvalue weighted by Crippen LogP contribution is 2.27. The number of aliphatic hydroxyl groups excluding tert-OH is 4. The zero-order valence-corrected chi connectivity index (χ0v) is 11.2. The van der Waals surface area contributed by atoms with E-state index in [0.29, 0.717) is 0 Å². The fourth-order valence-corrected chi connectivity index (χ4v) is 3.76. The number of hydrogen-bond acceptors (Lipinski definition) is 9. The highest BCUT2D eigenvalue weighted by Gasteiger charge is 2.53. The largest absolute Gasteiger partial charge is 0.394 e. The Morgan fingerprint density at radius 3 is 1.75 bits per heavy atom. The molecule has 1 fully saturated rings. The van der Waals surface area contributed by atoms with Crippen molar-refractivity contribution in [1.29, 1.82) is 0 Å². The summed E-state index contributed by atoms with van der Waals surface area (Å²) in [6.07, 6.45) is -8.14. The maximum absolute atomic E-state index is 11.0. The predicted molar refractivity (Wildman–Crippen MR) is 58.7 cm³/mol. The Morgan fingerprint density at radius 1 is 0.950 bits per heavy atom. The molecular weight excluding hydrogens is 326 g/mol. The second-order valence-corrected chi connectivity index (χ2v) is 6.71. The molecule has 20 heavy (non-hydrogen) atoms. The second-order valence-electron chi connectivity index (χ2n) is 3.90. The molecule has 14 heteroatoms. The summed E-state index contributed by atoms with van der Waals surface area (Å²) in [5.74, 6) is 0. The van der Waals surface area contributed by atoms with Gasteiger partial charge in [-0.3, -0.25) is 9.11 Å². The van der Waals surface area contributed by atoms with Gasteiger partial charge in [0.05, 0.1) is 6.61 Å². The first-order valence-corrected chi connectivity index (χ1v) is 7.75. The van der Waals surface area contributed by atoms with Crippen molar-refractivity contribution in [3.63, 3.8) is 0 Å². The molecule has 0 spiro atoms. The lowest BCUT2D eigenvalue weighted by Gasteiger charge is -2.42. The average molecular weight is 339 g/mol. The summed E-state index contributed by atoms with van der Waals surface area (Å²) in [5.41, 5.74) is 0. The molecule has 0 aromatic carbocycles. The highest BCUT2D eigenvalue weighted by molar-refractivity contribution is 7.98. The Balaban J connectivity index is 3.28. The fraction of sp³-hybridized carbons (Fsp3) is 1.00. The van der Waals surface area contributed by atoms with Crippen molar-refractivity contribution in [1.82, 2.24) is 3.71 Å². The molecule has 0 saturated carbocycles. The SMILES string of the molecule is O=S(=O)(O)N([C@H]1C(O)O[C@H](CO)[C@@H](O)[C@@H]1O)S(=O)(=O)O. The number of hydrogen-bond donors (Lipinski definition) is 6. The minimum Gasteiger partial charge on any atom is -0.394 e. The third kappa shape index (κ3) is 3.42. The van der Waals surface area contributed by atoms with E-state index >= 15 is 0 Å². The Labute approximate surface area is 113 Å². The molecule has 0 aliphatic carbocycles. The molecule has 120 valence electrons. The van der Waals surface area contributed by atoms with Gasteiger partial charge in [0, 0.05) is 0 Å². The Bertz CT molecular complexity index is 511. The molecular formula is C6H13NO11S2. The van der Waals surface area contributed by atoms with Gasteiger partial charge in [-0.05, 0) is 3.71 Å². The summed E-state index contributed by atoms with van der Waals surface area (Å²) >= 11 is 0. The quantitative estimate of drug-likeness (QED) is 0.270. The minimum atomic E-state index is -5.61. The van der Waals surface area contributed by atoms with Gasteiger partial charge in [0.15, 0.2) is 6.29 Å². The van der Waals surface area contributed by atoms with Crippen LogP contribution in [0.15, 0.2) is 0 Å². The van der Waals surface area contributed by atoms with Crippen molar-refractivity contribution in [3.05, 3.63) is 0 Å². The molecule has 1 rings (SSSR count). The summed E-state index contributed by atoms with van der Waals surface area (Å²) in [6.45, 7) is -0.875. The van der Waals surface area contributed by atoms with Gasteiger partial charge in [0.25, 0.3) is 0 Å². The first-order valence-electron chi connectivity index (χ1n) is 4.96. The molecule has 0 radical (unpaired) electrons. The monoisotopic (exact) mass is 339 g/mol. The summed E-state index contributed by atoms with van der Waals surface area (Å²) in [7, 11) is -11.2. The third-order valence-electron chi connectivity index (χ3n) is 2.57. The Kier molecular flexibility index (Phi) is 5.08. The summed E-state index contributed by atoms with van der Waals surface area (Å²) in [5, 5.41) is 37.3. The van der Waals surface area contributed by atoms with Crippen LogP contribution in [0.4, 0.5) is 0 Å². The molecule has 12 nitrogen and oxygen atoms in total. The zero-order valence-electron chi connectivity index (χ0n) is 9.58. The maximum Gasteiger partial charge on any atom is 0.351 e. The molecule has 6 N–H and O–H groups in total. The van der Waals surface area contributed by atoms with Crippen molar-refractivity contribution >= 4 is 20.6 Å². The van der Waals surface area contributed by atoms with Crippen LogP contribution in [0.25, 0.3) is 0 Å². The topological polar surface area (TPSA) is 202 Å². The number of ether oxygens (including phenoxy) is 1. The Morgan fingerprint density at radius 2 is 1.40 bits per heavy atom. The number of nitrogens with zero attached hydrogens (tertiary/aromatic N) is 1. The second kappa shape index (κ2) is 5.76. The highest BCUT2D eigenvalue weighted by atomic mass is 32.3. The van der Waals surface area contributed by atoms with Crippen LogP contribution in [0.5, 0.6) is 0 Å². The first kappa shape index (κ1) is 17.6. The van der Waals surface area contributed by atoms with Gasteiger partial charge >= 0.3 is 20.6 Å². The first-order chi connectivity index (χ1) is 8.91. The van der Waals surface area contributed by atoms with E-state index in [-0.39, 0.29) is 0 Å².